The molecular weight excluding hydrogens is 355 g/mol. The Labute approximate surface area is 156 Å². The summed E-state index contributed by atoms with van der Waals surface area (Å²) < 4.78 is 23.9. The van der Waals surface area contributed by atoms with Crippen molar-refractivity contribution in [3.8, 4) is 17.1 Å². The Bertz CT molecular complexity index is 830. The van der Waals surface area contributed by atoms with E-state index in [9.17, 15) is 19.4 Å². The predicted molar refractivity (Wildman–Crippen MR) is 96.7 cm³/mol. The normalized spacial score (nSPS) is 15.7. The molecule has 146 valence electrons. The largest absolute Gasteiger partial charge is 0.494 e. The number of halogens is 1. The molecule has 27 heavy (non-hydrogen) atoms. The Morgan fingerprint density at radius 3 is 2.70 bits per heavy atom. The highest BCUT2D eigenvalue weighted by molar-refractivity contribution is 5.99. The van der Waals surface area contributed by atoms with Gasteiger partial charge in [-0.25, -0.2) is 9.18 Å². The zero-order chi connectivity index (χ0) is 19.6. The molecule has 0 bridgehead atoms. The van der Waals surface area contributed by atoms with Crippen molar-refractivity contribution in [1.29, 1.82) is 0 Å². The molecule has 0 radical (unpaired) electrons. The molecule has 0 spiro atoms. The van der Waals surface area contributed by atoms with Crippen molar-refractivity contribution >= 4 is 11.8 Å². The number of anilines is 1. The van der Waals surface area contributed by atoms with Crippen LogP contribution in [0, 0.1) is 11.2 Å². The molecule has 0 saturated heterocycles. The third kappa shape index (κ3) is 3.62. The van der Waals surface area contributed by atoms with Crippen molar-refractivity contribution < 1.29 is 28.7 Å². The fourth-order valence-electron chi connectivity index (χ4n) is 3.80. The van der Waals surface area contributed by atoms with Crippen molar-refractivity contribution in [2.24, 2.45) is 5.41 Å². The van der Waals surface area contributed by atoms with E-state index in [0.717, 1.165) is 25.7 Å². The minimum absolute atomic E-state index is 0.0136. The molecule has 8 heteroatoms. The standard InChI is InChI=1S/C19H23FN2O5/c1-22(10-19(11-23)7-3-4-8-19)17-15(18(24)25)16(27-21-17)12-5-6-13(20)14(9-12)26-2/h5-6,9,23H,3-4,7-8,10-11H2,1-2H3,(H,24,25). The van der Waals surface area contributed by atoms with E-state index in [1.165, 1.54) is 25.3 Å². The number of hydrogen-bond donors (Lipinski definition) is 2. The van der Waals surface area contributed by atoms with E-state index in [1.54, 1.807) is 11.9 Å². The first kappa shape index (κ1) is 19.2. The molecule has 0 atom stereocenters. The van der Waals surface area contributed by atoms with E-state index >= 15 is 0 Å². The molecule has 1 aliphatic carbocycles. The van der Waals surface area contributed by atoms with Crippen LogP contribution >= 0.6 is 0 Å². The number of ether oxygens (including phenoxy) is 1. The molecule has 1 aromatic carbocycles. The minimum atomic E-state index is -1.19. The van der Waals surface area contributed by atoms with Crippen molar-refractivity contribution in [3.63, 3.8) is 0 Å². The smallest absolute Gasteiger partial charge is 0.343 e. The van der Waals surface area contributed by atoms with E-state index in [1.807, 2.05) is 0 Å². The highest BCUT2D eigenvalue weighted by Gasteiger charge is 2.36. The Morgan fingerprint density at radius 1 is 1.41 bits per heavy atom. The van der Waals surface area contributed by atoms with Gasteiger partial charge in [-0.1, -0.05) is 18.0 Å². The van der Waals surface area contributed by atoms with E-state index in [-0.39, 0.29) is 34.9 Å². The molecule has 2 N–H and O–H groups in total. The van der Waals surface area contributed by atoms with Gasteiger partial charge in [0.15, 0.2) is 28.7 Å². The summed E-state index contributed by atoms with van der Waals surface area (Å²) in [5.41, 5.74) is -0.00397. The third-order valence-corrected chi connectivity index (χ3v) is 5.24. The van der Waals surface area contributed by atoms with Crippen LogP contribution in [0.25, 0.3) is 11.3 Å². The molecule has 3 rings (SSSR count). The first-order valence-electron chi connectivity index (χ1n) is 8.79. The maximum Gasteiger partial charge on any atom is 0.343 e. The number of aromatic carboxylic acids is 1. The van der Waals surface area contributed by atoms with Gasteiger partial charge in [0.05, 0.1) is 13.7 Å². The topological polar surface area (TPSA) is 96.0 Å². The Morgan fingerprint density at radius 2 is 2.11 bits per heavy atom. The van der Waals surface area contributed by atoms with Crippen LogP contribution in [0.2, 0.25) is 0 Å². The fourth-order valence-corrected chi connectivity index (χ4v) is 3.80. The lowest BCUT2D eigenvalue weighted by Gasteiger charge is -2.31. The van der Waals surface area contributed by atoms with Gasteiger partial charge in [0.1, 0.15) is 0 Å². The summed E-state index contributed by atoms with van der Waals surface area (Å²) in [6.07, 6.45) is 3.85. The second kappa shape index (κ2) is 7.56. The van der Waals surface area contributed by atoms with Crippen LogP contribution in [0.1, 0.15) is 36.0 Å². The van der Waals surface area contributed by atoms with Crippen molar-refractivity contribution in [2.75, 3.05) is 32.2 Å². The van der Waals surface area contributed by atoms with E-state index < -0.39 is 11.8 Å². The maximum atomic E-state index is 13.7. The molecule has 1 fully saturated rings. The molecule has 0 amide bonds. The first-order valence-corrected chi connectivity index (χ1v) is 8.79. The van der Waals surface area contributed by atoms with Crippen LogP contribution < -0.4 is 9.64 Å². The van der Waals surface area contributed by atoms with E-state index in [4.69, 9.17) is 9.26 Å². The molecule has 1 aliphatic rings. The third-order valence-electron chi connectivity index (χ3n) is 5.24. The minimum Gasteiger partial charge on any atom is -0.494 e. The Balaban J connectivity index is 1.97. The number of aliphatic hydroxyl groups excluding tert-OH is 1. The number of benzene rings is 1. The van der Waals surface area contributed by atoms with Crippen LogP contribution in [-0.4, -0.2) is 48.6 Å². The maximum absolute atomic E-state index is 13.7. The van der Waals surface area contributed by atoms with Crippen LogP contribution in [0.5, 0.6) is 5.75 Å². The summed E-state index contributed by atoms with van der Waals surface area (Å²) in [4.78, 5) is 13.6. The zero-order valence-corrected chi connectivity index (χ0v) is 15.4. The number of carbonyl (C=O) groups is 1. The number of carboxylic acids is 1. The molecule has 0 aliphatic heterocycles. The molecule has 7 nitrogen and oxygen atoms in total. The molecule has 1 saturated carbocycles. The quantitative estimate of drug-likeness (QED) is 0.764. The van der Waals surface area contributed by atoms with Crippen LogP contribution in [0.3, 0.4) is 0 Å². The molecule has 1 aromatic heterocycles. The van der Waals surface area contributed by atoms with Gasteiger partial charge >= 0.3 is 5.97 Å². The monoisotopic (exact) mass is 378 g/mol. The summed E-state index contributed by atoms with van der Waals surface area (Å²) in [6.45, 7) is 0.516. The number of nitrogens with zero attached hydrogens (tertiary/aromatic N) is 2. The van der Waals surface area contributed by atoms with Gasteiger partial charge in [0.2, 0.25) is 0 Å². The number of hydrogen-bond acceptors (Lipinski definition) is 6. The second-order valence-electron chi connectivity index (χ2n) is 7.09. The van der Waals surface area contributed by atoms with Crippen molar-refractivity contribution in [1.82, 2.24) is 5.16 Å². The number of rotatable bonds is 7. The zero-order valence-electron chi connectivity index (χ0n) is 15.4. The van der Waals surface area contributed by atoms with Gasteiger partial charge in [-0.15, -0.1) is 0 Å². The number of methoxy groups -OCH3 is 1. The predicted octanol–water partition coefficient (Wildman–Crippen LogP) is 3.18. The lowest BCUT2D eigenvalue weighted by molar-refractivity contribution is 0.0697. The van der Waals surface area contributed by atoms with E-state index in [0.29, 0.717) is 12.1 Å². The highest BCUT2D eigenvalue weighted by Crippen LogP contribution is 2.40. The lowest BCUT2D eigenvalue weighted by atomic mass is 9.86. The molecule has 1 heterocycles. The number of aliphatic hydroxyl groups is 1. The van der Waals surface area contributed by atoms with Gasteiger partial charge in [0, 0.05) is 24.6 Å². The molecule has 2 aromatic rings. The molecular formula is C19H23FN2O5. The molecule has 0 unspecified atom stereocenters. The fraction of sp³-hybridized carbons (Fsp3) is 0.474. The van der Waals surface area contributed by atoms with Gasteiger partial charge in [-0.2, -0.15) is 0 Å². The average Bonchev–Trinajstić information content (AvgIpc) is 3.29. The van der Waals surface area contributed by atoms with Crippen molar-refractivity contribution in [2.45, 2.75) is 25.7 Å². The first-order chi connectivity index (χ1) is 12.9. The van der Waals surface area contributed by atoms with Gasteiger partial charge in [-0.05, 0) is 31.0 Å². The van der Waals surface area contributed by atoms with Crippen molar-refractivity contribution in [3.05, 3.63) is 29.6 Å². The summed E-state index contributed by atoms with van der Waals surface area (Å²) in [5, 5.41) is 23.5. The average molecular weight is 378 g/mol. The van der Waals surface area contributed by atoms with Crippen LogP contribution in [0.4, 0.5) is 10.2 Å². The number of aromatic nitrogens is 1. The Hall–Kier alpha value is -2.61. The van der Waals surface area contributed by atoms with Gasteiger partial charge in [-0.3, -0.25) is 0 Å². The lowest BCUT2D eigenvalue weighted by Crippen LogP contribution is -2.37. The summed E-state index contributed by atoms with van der Waals surface area (Å²) in [6, 6.07) is 3.98. The SMILES string of the molecule is COc1cc(-c2onc(N(C)CC3(CO)CCCC3)c2C(=O)O)ccc1F. The van der Waals surface area contributed by atoms with Gasteiger partial charge < -0.3 is 24.4 Å². The van der Waals surface area contributed by atoms with Gasteiger partial charge in [0.25, 0.3) is 0 Å². The van der Waals surface area contributed by atoms with Crippen LogP contribution in [-0.2, 0) is 0 Å². The van der Waals surface area contributed by atoms with Crippen LogP contribution in [0.15, 0.2) is 22.7 Å². The summed E-state index contributed by atoms with van der Waals surface area (Å²) in [7, 11) is 3.06. The Kier molecular flexibility index (Phi) is 5.36. The highest BCUT2D eigenvalue weighted by atomic mass is 19.1. The second-order valence-corrected chi connectivity index (χ2v) is 7.09. The number of carboxylic acid groups (broad SMARTS) is 1. The van der Waals surface area contributed by atoms with E-state index in [2.05, 4.69) is 5.16 Å². The summed E-state index contributed by atoms with van der Waals surface area (Å²) in [5.74, 6) is -1.55. The summed E-state index contributed by atoms with van der Waals surface area (Å²) >= 11 is 0.